The third-order valence-corrected chi connectivity index (χ3v) is 4.10. The number of benzene rings is 1. The maximum atomic E-state index is 4.58. The minimum absolute atomic E-state index is 0.949. The van der Waals surface area contributed by atoms with Gasteiger partial charge in [0.1, 0.15) is 5.84 Å². The number of amidine groups is 1. The molecule has 0 saturated carbocycles. The third-order valence-electron chi connectivity index (χ3n) is 4.10. The Kier molecular flexibility index (Phi) is 4.33. The fraction of sp³-hybridized carbons (Fsp3) is 0.562. The molecule has 0 unspecified atom stereocenters. The molecule has 1 N–H and O–H groups in total. The van der Waals surface area contributed by atoms with E-state index < -0.39 is 0 Å². The van der Waals surface area contributed by atoms with Crippen LogP contribution in [0.5, 0.6) is 0 Å². The van der Waals surface area contributed by atoms with Crippen LogP contribution in [-0.2, 0) is 6.54 Å². The average Bonchev–Trinajstić information content (AvgIpc) is 2.51. The molecule has 20 heavy (non-hydrogen) atoms. The van der Waals surface area contributed by atoms with Crippen molar-refractivity contribution in [3.8, 4) is 0 Å². The van der Waals surface area contributed by atoms with Gasteiger partial charge in [-0.3, -0.25) is 9.89 Å². The first-order valence-electron chi connectivity index (χ1n) is 7.60. The van der Waals surface area contributed by atoms with E-state index in [1.807, 2.05) is 0 Å². The molecule has 2 aliphatic rings. The summed E-state index contributed by atoms with van der Waals surface area (Å²) in [5.41, 5.74) is 2.62. The van der Waals surface area contributed by atoms with Gasteiger partial charge in [-0.1, -0.05) is 18.2 Å². The fourth-order valence-corrected chi connectivity index (χ4v) is 2.81. The first-order chi connectivity index (χ1) is 9.81. The van der Waals surface area contributed by atoms with Crippen LogP contribution in [0.3, 0.4) is 0 Å². The maximum absolute atomic E-state index is 4.58. The summed E-state index contributed by atoms with van der Waals surface area (Å²) in [7, 11) is 2.20. The summed E-state index contributed by atoms with van der Waals surface area (Å²) in [4.78, 5) is 9.52. The zero-order chi connectivity index (χ0) is 13.8. The van der Waals surface area contributed by atoms with Crippen molar-refractivity contribution in [1.29, 1.82) is 0 Å². The van der Waals surface area contributed by atoms with Gasteiger partial charge in [-0.2, -0.15) is 0 Å². The predicted octanol–water partition coefficient (Wildman–Crippen LogP) is 1.17. The third kappa shape index (κ3) is 3.38. The van der Waals surface area contributed by atoms with Crippen LogP contribution in [0.1, 0.15) is 17.5 Å². The first-order valence-corrected chi connectivity index (χ1v) is 7.60. The van der Waals surface area contributed by atoms with Gasteiger partial charge in [-0.05, 0) is 25.1 Å². The standard InChI is InChI=1S/C16H24N4/c1-19-8-10-20(11-9-19)13-14-4-2-5-15(12-14)16-17-6-3-7-18-16/h2,4-5,12H,3,6-11,13H2,1H3,(H,17,18). The van der Waals surface area contributed by atoms with E-state index in [4.69, 9.17) is 0 Å². The van der Waals surface area contributed by atoms with Crippen LogP contribution < -0.4 is 5.32 Å². The lowest BCUT2D eigenvalue weighted by Gasteiger charge is -2.32. The highest BCUT2D eigenvalue weighted by Crippen LogP contribution is 2.11. The summed E-state index contributed by atoms with van der Waals surface area (Å²) >= 11 is 0. The number of hydrogen-bond donors (Lipinski definition) is 1. The van der Waals surface area contributed by atoms with Crippen molar-refractivity contribution < 1.29 is 0 Å². The Morgan fingerprint density at radius 2 is 2.05 bits per heavy atom. The molecule has 1 aromatic carbocycles. The van der Waals surface area contributed by atoms with Gasteiger partial charge < -0.3 is 10.2 Å². The molecular weight excluding hydrogens is 248 g/mol. The lowest BCUT2D eigenvalue weighted by atomic mass is 10.1. The van der Waals surface area contributed by atoms with Gasteiger partial charge in [0, 0.05) is 51.4 Å². The van der Waals surface area contributed by atoms with Gasteiger partial charge >= 0.3 is 0 Å². The highest BCUT2D eigenvalue weighted by Gasteiger charge is 2.14. The van der Waals surface area contributed by atoms with Crippen molar-refractivity contribution in [1.82, 2.24) is 15.1 Å². The van der Waals surface area contributed by atoms with Gasteiger partial charge in [0.25, 0.3) is 0 Å². The number of piperazine rings is 1. The van der Waals surface area contributed by atoms with E-state index in [0.29, 0.717) is 0 Å². The molecule has 4 nitrogen and oxygen atoms in total. The van der Waals surface area contributed by atoms with Gasteiger partial charge in [0.05, 0.1) is 0 Å². The van der Waals surface area contributed by atoms with Gasteiger partial charge in [-0.25, -0.2) is 0 Å². The topological polar surface area (TPSA) is 30.9 Å². The molecule has 0 spiro atoms. The van der Waals surface area contributed by atoms with Gasteiger partial charge in [0.2, 0.25) is 0 Å². The maximum Gasteiger partial charge on any atom is 0.128 e. The number of rotatable bonds is 3. The summed E-state index contributed by atoms with van der Waals surface area (Å²) < 4.78 is 0. The molecular formula is C16H24N4. The zero-order valence-electron chi connectivity index (χ0n) is 12.3. The van der Waals surface area contributed by atoms with E-state index in [1.165, 1.54) is 37.3 Å². The molecule has 1 saturated heterocycles. The zero-order valence-corrected chi connectivity index (χ0v) is 12.3. The van der Waals surface area contributed by atoms with E-state index in [9.17, 15) is 0 Å². The molecule has 0 radical (unpaired) electrons. The Labute approximate surface area is 121 Å². The number of hydrogen-bond acceptors (Lipinski definition) is 4. The van der Waals surface area contributed by atoms with Crippen molar-refractivity contribution in [2.45, 2.75) is 13.0 Å². The lowest BCUT2D eigenvalue weighted by Crippen LogP contribution is -2.43. The molecule has 0 atom stereocenters. The summed E-state index contributed by atoms with van der Waals surface area (Å²) in [5.74, 6) is 1.07. The Morgan fingerprint density at radius 3 is 2.80 bits per heavy atom. The fourth-order valence-electron chi connectivity index (χ4n) is 2.81. The van der Waals surface area contributed by atoms with Gasteiger partial charge in [0.15, 0.2) is 0 Å². The minimum Gasteiger partial charge on any atom is -0.370 e. The Morgan fingerprint density at radius 1 is 1.20 bits per heavy atom. The number of nitrogens with one attached hydrogen (secondary N) is 1. The van der Waals surface area contributed by atoms with Crippen molar-refractivity contribution in [2.75, 3.05) is 46.3 Å². The number of nitrogens with zero attached hydrogens (tertiary/aromatic N) is 3. The molecule has 0 bridgehead atoms. The Hall–Kier alpha value is -1.39. The molecule has 3 rings (SSSR count). The SMILES string of the molecule is CN1CCN(Cc2cccc(C3=NCCCN3)c2)CC1. The number of likely N-dealkylation sites (N-methyl/N-ethyl adjacent to an activating group) is 1. The molecule has 0 aliphatic carbocycles. The second-order valence-electron chi connectivity index (χ2n) is 5.79. The molecule has 1 aromatic rings. The smallest absolute Gasteiger partial charge is 0.128 e. The van der Waals surface area contributed by atoms with Crippen molar-refractivity contribution in [2.24, 2.45) is 4.99 Å². The molecule has 1 fully saturated rings. The van der Waals surface area contributed by atoms with Crippen LogP contribution in [0.2, 0.25) is 0 Å². The van der Waals surface area contributed by atoms with Crippen LogP contribution in [0.4, 0.5) is 0 Å². The summed E-state index contributed by atoms with van der Waals surface area (Å²) in [6.45, 7) is 7.73. The monoisotopic (exact) mass is 272 g/mol. The quantitative estimate of drug-likeness (QED) is 0.896. The molecule has 108 valence electrons. The van der Waals surface area contributed by atoms with Gasteiger partial charge in [-0.15, -0.1) is 0 Å². The van der Waals surface area contributed by atoms with Crippen molar-refractivity contribution in [3.05, 3.63) is 35.4 Å². The lowest BCUT2D eigenvalue weighted by molar-refractivity contribution is 0.148. The van der Waals surface area contributed by atoms with E-state index in [1.54, 1.807) is 0 Å². The van der Waals surface area contributed by atoms with E-state index >= 15 is 0 Å². The molecule has 2 aliphatic heterocycles. The summed E-state index contributed by atoms with van der Waals surface area (Å²) in [6.07, 6.45) is 1.14. The molecule has 2 heterocycles. The Bertz CT molecular complexity index is 475. The minimum atomic E-state index is 0.949. The van der Waals surface area contributed by atoms with Crippen LogP contribution in [-0.4, -0.2) is 62.0 Å². The van der Waals surface area contributed by atoms with E-state index in [0.717, 1.165) is 31.9 Å². The van der Waals surface area contributed by atoms with E-state index in [2.05, 4.69) is 51.4 Å². The van der Waals surface area contributed by atoms with Crippen LogP contribution in [0.25, 0.3) is 0 Å². The summed E-state index contributed by atoms with van der Waals surface area (Å²) in [6, 6.07) is 8.82. The molecule has 4 heteroatoms. The predicted molar refractivity (Wildman–Crippen MR) is 83.2 cm³/mol. The summed E-state index contributed by atoms with van der Waals surface area (Å²) in [5, 5.41) is 3.40. The second-order valence-corrected chi connectivity index (χ2v) is 5.79. The largest absolute Gasteiger partial charge is 0.370 e. The molecule has 0 aromatic heterocycles. The van der Waals surface area contributed by atoms with E-state index in [-0.39, 0.29) is 0 Å². The highest BCUT2D eigenvalue weighted by molar-refractivity contribution is 5.99. The van der Waals surface area contributed by atoms with Crippen molar-refractivity contribution in [3.63, 3.8) is 0 Å². The second kappa shape index (κ2) is 6.37. The molecule has 0 amide bonds. The van der Waals surface area contributed by atoms with Crippen LogP contribution in [0, 0.1) is 0 Å². The normalized spacial score (nSPS) is 21.4. The van der Waals surface area contributed by atoms with Crippen LogP contribution in [0.15, 0.2) is 29.3 Å². The highest BCUT2D eigenvalue weighted by atomic mass is 15.2. The average molecular weight is 272 g/mol. The van der Waals surface area contributed by atoms with Crippen LogP contribution >= 0.6 is 0 Å². The first kappa shape index (κ1) is 13.6. The number of aliphatic imine (C=N–C) groups is 1. The Balaban J connectivity index is 1.66. The van der Waals surface area contributed by atoms with Crippen molar-refractivity contribution >= 4 is 5.84 Å².